The summed E-state index contributed by atoms with van der Waals surface area (Å²) in [5.74, 6) is -1.85. The molecule has 6 nitrogen and oxygen atoms in total. The molecule has 0 aromatic heterocycles. The first-order valence-corrected chi connectivity index (χ1v) is 7.39. The summed E-state index contributed by atoms with van der Waals surface area (Å²) >= 11 is 0. The highest BCUT2D eigenvalue weighted by Crippen LogP contribution is 2.25. The lowest BCUT2D eigenvalue weighted by atomic mass is 10.1. The molecule has 1 saturated carbocycles. The normalized spacial score (nSPS) is 26.5. The van der Waals surface area contributed by atoms with E-state index in [1.807, 2.05) is 0 Å². The second-order valence-electron chi connectivity index (χ2n) is 4.53. The van der Waals surface area contributed by atoms with Crippen LogP contribution in [0.3, 0.4) is 0 Å². The van der Waals surface area contributed by atoms with Crippen LogP contribution in [-0.4, -0.2) is 42.9 Å². The van der Waals surface area contributed by atoms with E-state index in [4.69, 9.17) is 5.11 Å². The molecule has 1 amide bonds. The maximum atomic E-state index is 11.6. The number of nitrogens with one attached hydrogen (secondary N) is 1. The Morgan fingerprint density at radius 1 is 1.35 bits per heavy atom. The molecular weight excluding hydrogens is 246 g/mol. The highest BCUT2D eigenvalue weighted by atomic mass is 32.2. The Morgan fingerprint density at radius 2 is 1.94 bits per heavy atom. The van der Waals surface area contributed by atoms with Crippen LogP contribution in [0.15, 0.2) is 0 Å². The van der Waals surface area contributed by atoms with Gasteiger partial charge in [0.15, 0.2) is 9.84 Å². The Labute approximate surface area is 100 Å². The number of rotatable bonds is 4. The Hall–Kier alpha value is -1.11. The zero-order valence-corrected chi connectivity index (χ0v) is 10.7. The molecule has 7 heteroatoms. The Bertz CT molecular complexity index is 416. The van der Waals surface area contributed by atoms with Crippen molar-refractivity contribution < 1.29 is 23.1 Å². The minimum Gasteiger partial charge on any atom is -0.481 e. The van der Waals surface area contributed by atoms with Gasteiger partial charge in [-0.05, 0) is 26.2 Å². The molecule has 0 radical (unpaired) electrons. The largest absolute Gasteiger partial charge is 0.481 e. The second-order valence-corrected chi connectivity index (χ2v) is 6.89. The van der Waals surface area contributed by atoms with Crippen molar-refractivity contribution in [2.45, 2.75) is 37.5 Å². The third kappa shape index (κ3) is 3.69. The molecule has 0 aromatic carbocycles. The monoisotopic (exact) mass is 263 g/mol. The quantitative estimate of drug-likeness (QED) is 0.731. The highest BCUT2D eigenvalue weighted by Gasteiger charge is 2.32. The molecule has 2 N–H and O–H groups in total. The number of hydrogen-bond acceptors (Lipinski definition) is 4. The summed E-state index contributed by atoms with van der Waals surface area (Å²) in [7, 11) is -3.40. The lowest BCUT2D eigenvalue weighted by Crippen LogP contribution is -2.42. The summed E-state index contributed by atoms with van der Waals surface area (Å²) in [6, 6.07) is -0.229. The lowest BCUT2D eigenvalue weighted by Gasteiger charge is -2.15. The van der Waals surface area contributed by atoms with E-state index < -0.39 is 32.9 Å². The van der Waals surface area contributed by atoms with Crippen LogP contribution in [0.25, 0.3) is 0 Å². The van der Waals surface area contributed by atoms with Crippen molar-refractivity contribution in [1.82, 2.24) is 5.32 Å². The first kappa shape index (κ1) is 14.0. The molecule has 1 unspecified atom stereocenters. The van der Waals surface area contributed by atoms with Gasteiger partial charge in [-0.25, -0.2) is 8.42 Å². The molecule has 1 aliphatic carbocycles. The van der Waals surface area contributed by atoms with Gasteiger partial charge in [-0.3, -0.25) is 9.59 Å². The van der Waals surface area contributed by atoms with Crippen molar-refractivity contribution in [1.29, 1.82) is 0 Å². The van der Waals surface area contributed by atoms with Crippen molar-refractivity contribution in [3.05, 3.63) is 0 Å². The molecule has 0 heterocycles. The van der Waals surface area contributed by atoms with Crippen molar-refractivity contribution in [3.63, 3.8) is 0 Å². The van der Waals surface area contributed by atoms with Gasteiger partial charge in [0.1, 0.15) is 5.25 Å². The number of amides is 1. The molecule has 0 bridgehead atoms. The molecule has 3 atom stereocenters. The van der Waals surface area contributed by atoms with Crippen LogP contribution < -0.4 is 5.32 Å². The summed E-state index contributed by atoms with van der Waals surface area (Å²) < 4.78 is 22.3. The highest BCUT2D eigenvalue weighted by molar-refractivity contribution is 7.92. The predicted molar refractivity (Wildman–Crippen MR) is 61.2 cm³/mol. The van der Waals surface area contributed by atoms with Crippen LogP contribution in [0.1, 0.15) is 26.2 Å². The smallest absolute Gasteiger partial charge is 0.306 e. The Morgan fingerprint density at radius 3 is 2.35 bits per heavy atom. The summed E-state index contributed by atoms with van der Waals surface area (Å²) in [6.45, 7) is 1.33. The number of carboxylic acids is 1. The molecule has 0 spiro atoms. The lowest BCUT2D eigenvalue weighted by molar-refractivity contribution is -0.141. The first-order valence-electron chi connectivity index (χ1n) is 5.44. The molecule has 0 aliphatic heterocycles. The van der Waals surface area contributed by atoms with Crippen molar-refractivity contribution >= 4 is 21.7 Å². The molecule has 0 saturated heterocycles. The maximum Gasteiger partial charge on any atom is 0.306 e. The second kappa shape index (κ2) is 5.03. The summed E-state index contributed by atoms with van der Waals surface area (Å²) in [5, 5.41) is 10.3. The number of carbonyl (C=O) groups excluding carboxylic acids is 1. The predicted octanol–water partition coefficient (Wildman–Crippen LogP) is -0.211. The number of hydrogen-bond donors (Lipinski definition) is 2. The summed E-state index contributed by atoms with van der Waals surface area (Å²) in [4.78, 5) is 22.3. The van der Waals surface area contributed by atoms with E-state index in [0.29, 0.717) is 19.3 Å². The SMILES string of the molecule is CC(C(=O)N[C@H]1CC[C@@H](C(=O)O)C1)S(C)(=O)=O. The molecule has 1 fully saturated rings. The zero-order chi connectivity index (χ0) is 13.2. The van der Waals surface area contributed by atoms with Crippen LogP contribution in [0, 0.1) is 5.92 Å². The average Bonchev–Trinajstić information content (AvgIpc) is 2.63. The molecule has 0 aromatic rings. The van der Waals surface area contributed by atoms with Crippen LogP contribution >= 0.6 is 0 Å². The fourth-order valence-corrected chi connectivity index (χ4v) is 2.31. The maximum absolute atomic E-state index is 11.6. The van der Waals surface area contributed by atoms with Gasteiger partial charge in [0.25, 0.3) is 0 Å². The van der Waals surface area contributed by atoms with E-state index in [-0.39, 0.29) is 6.04 Å². The standard InChI is InChI=1S/C10H17NO5S/c1-6(17(2,15)16)9(12)11-8-4-3-7(5-8)10(13)14/h6-8H,3-5H2,1-2H3,(H,11,12)(H,13,14)/t6?,7-,8+/m1/s1. The average molecular weight is 263 g/mol. The fraction of sp³-hybridized carbons (Fsp3) is 0.800. The zero-order valence-electron chi connectivity index (χ0n) is 9.84. The van der Waals surface area contributed by atoms with E-state index in [1.165, 1.54) is 6.92 Å². The van der Waals surface area contributed by atoms with Crippen LogP contribution in [0.2, 0.25) is 0 Å². The molecule has 1 aliphatic rings. The minimum atomic E-state index is -3.40. The van der Waals surface area contributed by atoms with Crippen molar-refractivity contribution in [2.75, 3.05) is 6.26 Å². The molecule has 1 rings (SSSR count). The summed E-state index contributed by atoms with van der Waals surface area (Å²) in [5.41, 5.74) is 0. The van der Waals surface area contributed by atoms with Gasteiger partial charge >= 0.3 is 5.97 Å². The Balaban J connectivity index is 2.52. The van der Waals surface area contributed by atoms with Gasteiger partial charge in [0.2, 0.25) is 5.91 Å². The van der Waals surface area contributed by atoms with Crippen molar-refractivity contribution in [3.8, 4) is 0 Å². The minimum absolute atomic E-state index is 0.229. The van der Waals surface area contributed by atoms with Crippen LogP contribution in [-0.2, 0) is 19.4 Å². The number of aliphatic carboxylic acids is 1. The van der Waals surface area contributed by atoms with Crippen LogP contribution in [0.4, 0.5) is 0 Å². The van der Waals surface area contributed by atoms with E-state index in [2.05, 4.69) is 5.32 Å². The third-order valence-electron chi connectivity index (χ3n) is 3.14. The van der Waals surface area contributed by atoms with Gasteiger partial charge in [-0.1, -0.05) is 0 Å². The van der Waals surface area contributed by atoms with Gasteiger partial charge in [-0.15, -0.1) is 0 Å². The molecule has 98 valence electrons. The van der Waals surface area contributed by atoms with E-state index in [1.54, 1.807) is 0 Å². The molecule has 17 heavy (non-hydrogen) atoms. The fourth-order valence-electron chi connectivity index (χ4n) is 1.85. The van der Waals surface area contributed by atoms with E-state index in [9.17, 15) is 18.0 Å². The van der Waals surface area contributed by atoms with Gasteiger partial charge in [-0.2, -0.15) is 0 Å². The Kier molecular flexibility index (Phi) is 4.13. The molecular formula is C10H17NO5S. The van der Waals surface area contributed by atoms with Crippen molar-refractivity contribution in [2.24, 2.45) is 5.92 Å². The third-order valence-corrected chi connectivity index (χ3v) is 4.64. The van der Waals surface area contributed by atoms with Gasteiger partial charge in [0, 0.05) is 12.3 Å². The topological polar surface area (TPSA) is 101 Å². The summed E-state index contributed by atoms with van der Waals surface area (Å²) in [6.07, 6.45) is 2.48. The number of carboxylic acid groups (broad SMARTS) is 1. The number of sulfone groups is 1. The number of carbonyl (C=O) groups is 2. The first-order chi connectivity index (χ1) is 7.71. The van der Waals surface area contributed by atoms with Gasteiger partial charge in [0.05, 0.1) is 5.92 Å². The van der Waals surface area contributed by atoms with Crippen LogP contribution in [0.5, 0.6) is 0 Å². The van der Waals surface area contributed by atoms with E-state index >= 15 is 0 Å². The van der Waals surface area contributed by atoms with Gasteiger partial charge < -0.3 is 10.4 Å². The van der Waals surface area contributed by atoms with E-state index in [0.717, 1.165) is 6.26 Å².